The van der Waals surface area contributed by atoms with Crippen LogP contribution in [-0.4, -0.2) is 37.3 Å². The van der Waals surface area contributed by atoms with Crippen molar-refractivity contribution in [2.24, 2.45) is 5.92 Å². The number of hydrogen-bond acceptors (Lipinski definition) is 4. The smallest absolute Gasteiger partial charge is 0.315 e. The Bertz CT molecular complexity index is 288. The molecular weight excluding hydrogens is 236 g/mol. The van der Waals surface area contributed by atoms with E-state index in [1.165, 1.54) is 0 Å². The fraction of sp³-hybridized carbons (Fsp3) is 0.833. The Balaban J connectivity index is 2.29. The maximum atomic E-state index is 11.5. The van der Waals surface area contributed by atoms with Crippen molar-refractivity contribution in [1.82, 2.24) is 10.6 Å². The average Bonchev–Trinajstić information content (AvgIpc) is 2.77. The van der Waals surface area contributed by atoms with Gasteiger partial charge in [0.25, 0.3) is 0 Å². The Kier molecular flexibility index (Phi) is 5.91. The third-order valence-corrected chi connectivity index (χ3v) is 2.81. The molecular formula is C12H21N2O4-. The summed E-state index contributed by atoms with van der Waals surface area (Å²) in [6.45, 7) is 4.92. The highest BCUT2D eigenvalue weighted by atomic mass is 16.5. The van der Waals surface area contributed by atoms with Crippen molar-refractivity contribution in [3.05, 3.63) is 0 Å². The highest BCUT2D eigenvalue weighted by Gasteiger charge is 2.18. The van der Waals surface area contributed by atoms with Crippen LogP contribution in [0, 0.1) is 5.92 Å². The molecule has 2 atom stereocenters. The van der Waals surface area contributed by atoms with Gasteiger partial charge in [0, 0.05) is 13.2 Å². The minimum atomic E-state index is -1.25. The Morgan fingerprint density at radius 1 is 1.44 bits per heavy atom. The first kappa shape index (κ1) is 14.8. The van der Waals surface area contributed by atoms with Crippen LogP contribution in [0.1, 0.15) is 33.1 Å². The lowest BCUT2D eigenvalue weighted by molar-refractivity contribution is -0.308. The van der Waals surface area contributed by atoms with Crippen LogP contribution >= 0.6 is 0 Å². The topological polar surface area (TPSA) is 90.5 Å². The first-order valence-corrected chi connectivity index (χ1v) is 6.36. The van der Waals surface area contributed by atoms with E-state index in [0.29, 0.717) is 13.0 Å². The molecule has 0 radical (unpaired) electrons. The molecule has 0 aromatic carbocycles. The first-order valence-electron chi connectivity index (χ1n) is 6.36. The van der Waals surface area contributed by atoms with E-state index >= 15 is 0 Å². The van der Waals surface area contributed by atoms with E-state index in [1.54, 1.807) is 0 Å². The number of nitrogens with one attached hydrogen (secondary N) is 2. The Morgan fingerprint density at radius 3 is 2.67 bits per heavy atom. The van der Waals surface area contributed by atoms with E-state index in [4.69, 9.17) is 4.74 Å². The van der Waals surface area contributed by atoms with E-state index in [-0.39, 0.29) is 12.0 Å². The maximum absolute atomic E-state index is 11.5. The Hall–Kier alpha value is -1.30. The molecule has 1 heterocycles. The van der Waals surface area contributed by atoms with E-state index in [1.807, 2.05) is 13.8 Å². The number of aliphatic carboxylic acids is 1. The monoisotopic (exact) mass is 257 g/mol. The van der Waals surface area contributed by atoms with Crippen molar-refractivity contribution in [2.75, 3.05) is 13.2 Å². The van der Waals surface area contributed by atoms with E-state index in [0.717, 1.165) is 19.4 Å². The van der Waals surface area contributed by atoms with Crippen molar-refractivity contribution in [2.45, 2.75) is 45.3 Å². The van der Waals surface area contributed by atoms with Crippen molar-refractivity contribution < 1.29 is 19.4 Å². The van der Waals surface area contributed by atoms with E-state index < -0.39 is 18.0 Å². The molecule has 0 saturated carbocycles. The number of carbonyl (C=O) groups is 2. The normalized spacial score (nSPS) is 20.7. The molecule has 2 amide bonds. The van der Waals surface area contributed by atoms with Gasteiger partial charge in [-0.25, -0.2) is 4.79 Å². The second-order valence-corrected chi connectivity index (χ2v) is 4.99. The largest absolute Gasteiger partial charge is 0.548 e. The molecule has 0 aromatic rings. The summed E-state index contributed by atoms with van der Waals surface area (Å²) >= 11 is 0. The summed E-state index contributed by atoms with van der Waals surface area (Å²) in [6.07, 6.45) is 2.33. The third kappa shape index (κ3) is 5.35. The summed E-state index contributed by atoms with van der Waals surface area (Å²) < 4.78 is 5.35. The fourth-order valence-corrected chi connectivity index (χ4v) is 1.91. The summed E-state index contributed by atoms with van der Waals surface area (Å²) in [6, 6.07) is -1.44. The van der Waals surface area contributed by atoms with Crippen molar-refractivity contribution in [1.29, 1.82) is 0 Å². The number of ether oxygens (including phenoxy) is 1. The maximum Gasteiger partial charge on any atom is 0.315 e. The van der Waals surface area contributed by atoms with Gasteiger partial charge in [-0.05, 0) is 25.2 Å². The summed E-state index contributed by atoms with van der Waals surface area (Å²) in [5.41, 5.74) is 0. The van der Waals surface area contributed by atoms with Gasteiger partial charge < -0.3 is 25.3 Å². The molecule has 0 aliphatic carbocycles. The van der Waals surface area contributed by atoms with Crippen molar-refractivity contribution >= 4 is 12.0 Å². The second kappa shape index (κ2) is 7.20. The number of carboxylic acid groups (broad SMARTS) is 1. The lowest BCUT2D eigenvalue weighted by Gasteiger charge is -2.22. The Morgan fingerprint density at radius 2 is 2.17 bits per heavy atom. The fourth-order valence-electron chi connectivity index (χ4n) is 1.91. The molecule has 6 heteroatoms. The van der Waals surface area contributed by atoms with Gasteiger partial charge in [-0.3, -0.25) is 0 Å². The molecule has 0 aromatic heterocycles. The summed E-state index contributed by atoms with van der Waals surface area (Å²) in [4.78, 5) is 22.4. The standard InChI is InChI=1S/C12H22N2O4/c1-8(2)6-10(11(15)16)14-12(17)13-7-9-4-3-5-18-9/h8-10H,3-7H2,1-2H3,(H,15,16)(H2,13,14,17)/p-1/t9-,10-/m0/s1. The minimum absolute atomic E-state index is 0.0438. The van der Waals surface area contributed by atoms with Crippen LogP contribution in [0.2, 0.25) is 0 Å². The average molecular weight is 257 g/mol. The van der Waals surface area contributed by atoms with Crippen molar-refractivity contribution in [3.63, 3.8) is 0 Å². The molecule has 1 fully saturated rings. The number of rotatable bonds is 6. The zero-order valence-corrected chi connectivity index (χ0v) is 10.9. The molecule has 1 rings (SSSR count). The van der Waals surface area contributed by atoms with E-state index in [2.05, 4.69) is 10.6 Å². The van der Waals surface area contributed by atoms with Crippen LogP contribution in [0.15, 0.2) is 0 Å². The number of hydrogen-bond donors (Lipinski definition) is 2. The number of amides is 2. The molecule has 0 unspecified atom stereocenters. The molecule has 0 spiro atoms. The zero-order chi connectivity index (χ0) is 13.5. The predicted molar refractivity (Wildman–Crippen MR) is 63.8 cm³/mol. The van der Waals surface area contributed by atoms with Gasteiger partial charge in [0.15, 0.2) is 0 Å². The predicted octanol–water partition coefficient (Wildman–Crippen LogP) is -0.371. The van der Waals surface area contributed by atoms with Gasteiger partial charge in [-0.2, -0.15) is 0 Å². The van der Waals surface area contributed by atoms with E-state index in [9.17, 15) is 14.7 Å². The van der Waals surface area contributed by atoms with Gasteiger partial charge in [0.2, 0.25) is 0 Å². The number of urea groups is 1. The van der Waals surface area contributed by atoms with Gasteiger partial charge in [0.05, 0.1) is 18.1 Å². The summed E-state index contributed by atoms with van der Waals surface area (Å²) in [5, 5.41) is 15.9. The van der Waals surface area contributed by atoms with Gasteiger partial charge in [-0.15, -0.1) is 0 Å². The minimum Gasteiger partial charge on any atom is -0.548 e. The summed E-state index contributed by atoms with van der Waals surface area (Å²) in [7, 11) is 0. The molecule has 1 aliphatic rings. The molecule has 0 bridgehead atoms. The number of carboxylic acids is 1. The van der Waals surface area contributed by atoms with Gasteiger partial charge in [-0.1, -0.05) is 13.8 Å². The van der Waals surface area contributed by atoms with Crippen LogP contribution in [0.3, 0.4) is 0 Å². The quantitative estimate of drug-likeness (QED) is 0.679. The Labute approximate surface area is 107 Å². The molecule has 6 nitrogen and oxygen atoms in total. The highest BCUT2D eigenvalue weighted by molar-refractivity contribution is 5.81. The zero-order valence-electron chi connectivity index (χ0n) is 10.9. The van der Waals surface area contributed by atoms with Gasteiger partial charge in [0.1, 0.15) is 0 Å². The molecule has 1 aliphatic heterocycles. The van der Waals surface area contributed by atoms with Gasteiger partial charge >= 0.3 is 6.03 Å². The SMILES string of the molecule is CC(C)C[C@H](NC(=O)NC[C@@H]1CCCO1)C(=O)[O-]. The first-order chi connectivity index (χ1) is 8.49. The van der Waals surface area contributed by atoms with Crippen molar-refractivity contribution in [3.8, 4) is 0 Å². The van der Waals surface area contributed by atoms with Crippen LogP contribution in [0.25, 0.3) is 0 Å². The lowest BCUT2D eigenvalue weighted by atomic mass is 10.0. The molecule has 18 heavy (non-hydrogen) atoms. The molecule has 2 N–H and O–H groups in total. The molecule has 1 saturated heterocycles. The van der Waals surface area contributed by atoms with Crippen LogP contribution in [-0.2, 0) is 9.53 Å². The number of carbonyl (C=O) groups excluding carboxylic acids is 2. The van der Waals surface area contributed by atoms with Crippen LogP contribution in [0.5, 0.6) is 0 Å². The second-order valence-electron chi connectivity index (χ2n) is 4.99. The highest BCUT2D eigenvalue weighted by Crippen LogP contribution is 2.10. The lowest BCUT2D eigenvalue weighted by Crippen LogP contribution is -2.52. The van der Waals surface area contributed by atoms with Crippen LogP contribution < -0.4 is 15.7 Å². The third-order valence-electron chi connectivity index (χ3n) is 2.81. The van der Waals surface area contributed by atoms with Crippen LogP contribution in [0.4, 0.5) is 4.79 Å². The summed E-state index contributed by atoms with van der Waals surface area (Å²) in [5.74, 6) is -1.08. The molecule has 104 valence electrons.